The molecular weight excluding hydrogens is 262 g/mol. The van der Waals surface area contributed by atoms with E-state index >= 15 is 0 Å². The summed E-state index contributed by atoms with van der Waals surface area (Å²) in [6.07, 6.45) is 3.06. The SMILES string of the molecule is O=C(CCCc1ccc([N+](=O)[O-])cn1)N1CCOCC1. The summed E-state index contributed by atoms with van der Waals surface area (Å²) in [5.41, 5.74) is 0.753. The zero-order valence-electron chi connectivity index (χ0n) is 11.2. The first kappa shape index (κ1) is 14.4. The minimum Gasteiger partial charge on any atom is -0.378 e. The average molecular weight is 279 g/mol. The van der Waals surface area contributed by atoms with E-state index in [9.17, 15) is 14.9 Å². The molecule has 0 aliphatic carbocycles. The lowest BCUT2D eigenvalue weighted by Crippen LogP contribution is -2.40. The van der Waals surface area contributed by atoms with Gasteiger partial charge in [0.2, 0.25) is 5.91 Å². The average Bonchev–Trinajstić information content (AvgIpc) is 2.48. The van der Waals surface area contributed by atoms with Gasteiger partial charge in [-0.3, -0.25) is 19.9 Å². The summed E-state index contributed by atoms with van der Waals surface area (Å²) >= 11 is 0. The largest absolute Gasteiger partial charge is 0.378 e. The summed E-state index contributed by atoms with van der Waals surface area (Å²) in [4.78, 5) is 27.7. The number of hydrogen-bond acceptors (Lipinski definition) is 5. The Morgan fingerprint density at radius 1 is 1.40 bits per heavy atom. The molecule has 2 rings (SSSR count). The van der Waals surface area contributed by atoms with Crippen LogP contribution in [0, 0.1) is 10.1 Å². The maximum Gasteiger partial charge on any atom is 0.287 e. The second kappa shape index (κ2) is 6.95. The molecule has 1 aromatic rings. The number of morpholine rings is 1. The molecule has 0 N–H and O–H groups in total. The molecule has 0 aromatic carbocycles. The number of ether oxygens (including phenoxy) is 1. The third-order valence-electron chi connectivity index (χ3n) is 3.21. The van der Waals surface area contributed by atoms with Gasteiger partial charge >= 0.3 is 0 Å². The van der Waals surface area contributed by atoms with Crippen molar-refractivity contribution in [1.29, 1.82) is 0 Å². The Bertz CT molecular complexity index is 469. The van der Waals surface area contributed by atoms with E-state index in [0.29, 0.717) is 45.6 Å². The van der Waals surface area contributed by atoms with E-state index in [1.165, 1.54) is 12.3 Å². The molecule has 0 atom stereocenters. The third-order valence-corrected chi connectivity index (χ3v) is 3.21. The molecule has 1 fully saturated rings. The van der Waals surface area contributed by atoms with E-state index in [4.69, 9.17) is 4.74 Å². The molecule has 1 aromatic heterocycles. The van der Waals surface area contributed by atoms with E-state index < -0.39 is 4.92 Å². The Morgan fingerprint density at radius 2 is 2.15 bits per heavy atom. The van der Waals surface area contributed by atoms with Crippen molar-refractivity contribution >= 4 is 11.6 Å². The number of pyridine rings is 1. The number of rotatable bonds is 5. The van der Waals surface area contributed by atoms with Crippen molar-refractivity contribution in [1.82, 2.24) is 9.88 Å². The summed E-state index contributed by atoms with van der Waals surface area (Å²) in [6, 6.07) is 3.07. The smallest absolute Gasteiger partial charge is 0.287 e. The van der Waals surface area contributed by atoms with Crippen LogP contribution in [0.1, 0.15) is 18.5 Å². The van der Waals surface area contributed by atoms with E-state index in [1.807, 2.05) is 4.90 Å². The highest BCUT2D eigenvalue weighted by Crippen LogP contribution is 2.11. The van der Waals surface area contributed by atoms with Crippen LogP contribution in [0.5, 0.6) is 0 Å². The monoisotopic (exact) mass is 279 g/mol. The number of hydrogen-bond donors (Lipinski definition) is 0. The van der Waals surface area contributed by atoms with E-state index in [2.05, 4.69) is 4.98 Å². The maximum absolute atomic E-state index is 11.9. The van der Waals surface area contributed by atoms with Crippen molar-refractivity contribution in [2.45, 2.75) is 19.3 Å². The Balaban J connectivity index is 1.74. The zero-order chi connectivity index (χ0) is 14.4. The highest BCUT2D eigenvalue weighted by molar-refractivity contribution is 5.76. The van der Waals surface area contributed by atoms with Gasteiger partial charge in [-0.2, -0.15) is 0 Å². The molecule has 0 saturated carbocycles. The van der Waals surface area contributed by atoms with Gasteiger partial charge in [-0.1, -0.05) is 0 Å². The third kappa shape index (κ3) is 3.99. The number of aromatic nitrogens is 1. The summed E-state index contributed by atoms with van der Waals surface area (Å²) in [7, 11) is 0. The van der Waals surface area contributed by atoms with Crippen LogP contribution in [0.2, 0.25) is 0 Å². The Morgan fingerprint density at radius 3 is 2.75 bits per heavy atom. The number of aryl methyl sites for hydroxylation is 1. The van der Waals surface area contributed by atoms with Crippen LogP contribution in [0.15, 0.2) is 18.3 Å². The first-order valence-corrected chi connectivity index (χ1v) is 6.61. The molecule has 108 valence electrons. The maximum atomic E-state index is 11.9. The van der Waals surface area contributed by atoms with Gasteiger partial charge in [0, 0.05) is 31.3 Å². The van der Waals surface area contributed by atoms with Gasteiger partial charge in [0.15, 0.2) is 0 Å². The molecule has 0 radical (unpaired) electrons. The molecule has 0 spiro atoms. The van der Waals surface area contributed by atoms with Crippen molar-refractivity contribution in [2.24, 2.45) is 0 Å². The summed E-state index contributed by atoms with van der Waals surface area (Å²) < 4.78 is 5.20. The molecule has 2 heterocycles. The van der Waals surface area contributed by atoms with Gasteiger partial charge in [0.25, 0.3) is 5.69 Å². The quantitative estimate of drug-likeness (QED) is 0.596. The molecule has 20 heavy (non-hydrogen) atoms. The van der Waals surface area contributed by atoms with Crippen LogP contribution in [0.3, 0.4) is 0 Å². The predicted octanol–water partition coefficient (Wildman–Crippen LogP) is 1.17. The number of carbonyl (C=O) groups is 1. The lowest BCUT2D eigenvalue weighted by molar-refractivity contribution is -0.385. The summed E-state index contributed by atoms with van der Waals surface area (Å²) in [6.45, 7) is 2.54. The van der Waals surface area contributed by atoms with Crippen LogP contribution in [-0.4, -0.2) is 47.0 Å². The molecular formula is C13H17N3O4. The van der Waals surface area contributed by atoms with Gasteiger partial charge in [-0.25, -0.2) is 0 Å². The molecule has 7 nitrogen and oxygen atoms in total. The fourth-order valence-corrected chi connectivity index (χ4v) is 2.06. The number of amides is 1. The highest BCUT2D eigenvalue weighted by Gasteiger charge is 2.16. The van der Waals surface area contributed by atoms with Gasteiger partial charge in [-0.15, -0.1) is 0 Å². The fourth-order valence-electron chi connectivity index (χ4n) is 2.06. The fraction of sp³-hybridized carbons (Fsp3) is 0.538. The topological polar surface area (TPSA) is 85.6 Å². The second-order valence-corrected chi connectivity index (χ2v) is 4.61. The van der Waals surface area contributed by atoms with Crippen LogP contribution in [0.25, 0.3) is 0 Å². The molecule has 1 aliphatic rings. The molecule has 0 bridgehead atoms. The molecule has 1 aliphatic heterocycles. The standard InChI is InChI=1S/C13H17N3O4/c17-13(15-6-8-20-9-7-15)3-1-2-11-4-5-12(10-14-11)16(18)19/h4-5,10H,1-3,6-9H2. The van der Waals surface area contributed by atoms with Crippen molar-refractivity contribution in [3.8, 4) is 0 Å². The molecule has 1 amide bonds. The van der Waals surface area contributed by atoms with Gasteiger partial charge in [0.1, 0.15) is 6.20 Å². The predicted molar refractivity (Wildman–Crippen MR) is 71.2 cm³/mol. The Kier molecular flexibility index (Phi) is 5.00. The number of nitro groups is 1. The zero-order valence-corrected chi connectivity index (χ0v) is 11.2. The van der Waals surface area contributed by atoms with Crippen LogP contribution in [-0.2, 0) is 16.0 Å². The van der Waals surface area contributed by atoms with Crippen molar-refractivity contribution in [3.05, 3.63) is 34.1 Å². The van der Waals surface area contributed by atoms with Crippen molar-refractivity contribution in [2.75, 3.05) is 26.3 Å². The minimum atomic E-state index is -0.473. The van der Waals surface area contributed by atoms with Crippen LogP contribution < -0.4 is 0 Å². The van der Waals surface area contributed by atoms with Crippen molar-refractivity contribution in [3.63, 3.8) is 0 Å². The summed E-state index contributed by atoms with van der Waals surface area (Å²) in [5, 5.41) is 10.5. The number of carbonyl (C=O) groups excluding carboxylic acids is 1. The lowest BCUT2D eigenvalue weighted by atomic mass is 10.1. The minimum absolute atomic E-state index is 0.0156. The first-order chi connectivity index (χ1) is 9.66. The molecule has 0 unspecified atom stereocenters. The van der Waals surface area contributed by atoms with Gasteiger partial charge in [-0.05, 0) is 18.9 Å². The van der Waals surface area contributed by atoms with Gasteiger partial charge in [0.05, 0.1) is 18.1 Å². The molecule has 7 heteroatoms. The van der Waals surface area contributed by atoms with Gasteiger partial charge < -0.3 is 9.64 Å². The van der Waals surface area contributed by atoms with Crippen LogP contribution in [0.4, 0.5) is 5.69 Å². The lowest BCUT2D eigenvalue weighted by Gasteiger charge is -2.26. The van der Waals surface area contributed by atoms with E-state index in [1.54, 1.807) is 6.07 Å². The number of nitrogens with zero attached hydrogens (tertiary/aromatic N) is 3. The summed E-state index contributed by atoms with van der Waals surface area (Å²) in [5.74, 6) is 0.134. The molecule has 1 saturated heterocycles. The highest BCUT2D eigenvalue weighted by atomic mass is 16.6. The van der Waals surface area contributed by atoms with Crippen LogP contribution >= 0.6 is 0 Å². The van der Waals surface area contributed by atoms with E-state index in [-0.39, 0.29) is 11.6 Å². The second-order valence-electron chi connectivity index (χ2n) is 4.61. The Labute approximate surface area is 116 Å². The Hall–Kier alpha value is -2.02. The van der Waals surface area contributed by atoms with E-state index in [0.717, 1.165) is 5.69 Å². The van der Waals surface area contributed by atoms with Crippen molar-refractivity contribution < 1.29 is 14.5 Å². The first-order valence-electron chi connectivity index (χ1n) is 6.61. The normalized spacial score (nSPS) is 15.1.